The number of nitrogens with zero attached hydrogens (tertiary/aromatic N) is 3. The minimum absolute atomic E-state index is 0.274. The fourth-order valence-electron chi connectivity index (χ4n) is 1.62. The molecular formula is C9H12ClN3O. The molecule has 2 heterocycles. The lowest BCUT2D eigenvalue weighted by Crippen LogP contribution is -2.22. The van der Waals surface area contributed by atoms with E-state index in [1.807, 2.05) is 11.8 Å². The van der Waals surface area contributed by atoms with Crippen molar-refractivity contribution in [2.24, 2.45) is 5.92 Å². The zero-order chi connectivity index (χ0) is 10.1. The third-order valence-corrected chi connectivity index (χ3v) is 2.67. The third kappa shape index (κ3) is 1.81. The molecule has 2 atom stereocenters. The summed E-state index contributed by atoms with van der Waals surface area (Å²) in [6.45, 7) is 3.43. The number of aromatic nitrogens is 2. The van der Waals surface area contributed by atoms with Crippen LogP contribution >= 0.6 is 11.6 Å². The van der Waals surface area contributed by atoms with E-state index in [4.69, 9.17) is 11.6 Å². The van der Waals surface area contributed by atoms with Crippen LogP contribution in [0.2, 0.25) is 5.15 Å². The van der Waals surface area contributed by atoms with Crippen LogP contribution in [-0.4, -0.2) is 34.3 Å². The minimum Gasteiger partial charge on any atom is -0.391 e. The minimum atomic E-state index is -0.282. The van der Waals surface area contributed by atoms with Crippen LogP contribution < -0.4 is 4.90 Å². The predicted molar refractivity (Wildman–Crippen MR) is 54.4 cm³/mol. The highest BCUT2D eigenvalue weighted by Crippen LogP contribution is 2.22. The standard InChI is InChI=1S/C9H12ClN3O/c1-6-4-13(5-7(6)14)9-3-11-2-8(10)12-9/h2-3,6-7,14H,4-5H2,1H3. The maximum absolute atomic E-state index is 9.58. The van der Waals surface area contributed by atoms with Gasteiger partial charge in [0, 0.05) is 19.0 Å². The number of hydrogen-bond acceptors (Lipinski definition) is 4. The summed E-state index contributed by atoms with van der Waals surface area (Å²) in [7, 11) is 0. The van der Waals surface area contributed by atoms with Gasteiger partial charge >= 0.3 is 0 Å². The van der Waals surface area contributed by atoms with E-state index in [9.17, 15) is 5.11 Å². The van der Waals surface area contributed by atoms with E-state index in [1.165, 1.54) is 6.20 Å². The van der Waals surface area contributed by atoms with Gasteiger partial charge in [0.05, 0.1) is 18.5 Å². The average molecular weight is 214 g/mol. The second kappa shape index (κ2) is 3.71. The molecule has 0 saturated carbocycles. The van der Waals surface area contributed by atoms with Gasteiger partial charge in [0.25, 0.3) is 0 Å². The molecule has 0 amide bonds. The first-order valence-electron chi connectivity index (χ1n) is 4.57. The van der Waals surface area contributed by atoms with Crippen molar-refractivity contribution in [2.75, 3.05) is 18.0 Å². The number of β-amino-alcohol motifs (C(OH)–C–C–N with tert-alkyl or cyclic N) is 1. The van der Waals surface area contributed by atoms with E-state index >= 15 is 0 Å². The van der Waals surface area contributed by atoms with Crippen LogP contribution in [0.25, 0.3) is 0 Å². The van der Waals surface area contributed by atoms with E-state index in [-0.39, 0.29) is 12.0 Å². The van der Waals surface area contributed by atoms with E-state index in [0.29, 0.717) is 11.7 Å². The number of rotatable bonds is 1. The van der Waals surface area contributed by atoms with Crippen molar-refractivity contribution in [3.8, 4) is 0 Å². The van der Waals surface area contributed by atoms with Crippen LogP contribution in [0, 0.1) is 5.92 Å². The van der Waals surface area contributed by atoms with Gasteiger partial charge in [-0.25, -0.2) is 4.98 Å². The van der Waals surface area contributed by atoms with Crippen LogP contribution in [0.1, 0.15) is 6.92 Å². The summed E-state index contributed by atoms with van der Waals surface area (Å²) < 4.78 is 0. The number of aliphatic hydroxyl groups excluding tert-OH is 1. The summed E-state index contributed by atoms with van der Waals surface area (Å²) in [6, 6.07) is 0. The largest absolute Gasteiger partial charge is 0.391 e. The number of hydrogen-bond donors (Lipinski definition) is 1. The maximum atomic E-state index is 9.58. The smallest absolute Gasteiger partial charge is 0.149 e. The van der Waals surface area contributed by atoms with Crippen molar-refractivity contribution in [1.29, 1.82) is 0 Å². The lowest BCUT2D eigenvalue weighted by Gasteiger charge is -2.15. The van der Waals surface area contributed by atoms with Gasteiger partial charge in [0.15, 0.2) is 0 Å². The molecule has 2 rings (SSSR count). The summed E-state index contributed by atoms with van der Waals surface area (Å²) >= 11 is 5.73. The highest BCUT2D eigenvalue weighted by molar-refractivity contribution is 6.29. The molecule has 1 aromatic rings. The van der Waals surface area contributed by atoms with Crippen LogP contribution in [0.3, 0.4) is 0 Å². The Hall–Kier alpha value is -0.870. The van der Waals surface area contributed by atoms with Gasteiger partial charge in [-0.2, -0.15) is 0 Å². The first-order valence-corrected chi connectivity index (χ1v) is 4.95. The Balaban J connectivity index is 2.17. The summed E-state index contributed by atoms with van der Waals surface area (Å²) in [6.07, 6.45) is 2.88. The van der Waals surface area contributed by atoms with Crippen molar-refractivity contribution >= 4 is 17.4 Å². The summed E-state index contributed by atoms with van der Waals surface area (Å²) in [4.78, 5) is 10.1. The highest BCUT2D eigenvalue weighted by Gasteiger charge is 2.28. The van der Waals surface area contributed by atoms with Gasteiger partial charge in [-0.05, 0) is 0 Å². The van der Waals surface area contributed by atoms with E-state index in [1.54, 1.807) is 6.20 Å². The molecule has 1 aliphatic rings. The summed E-state index contributed by atoms with van der Waals surface area (Å²) in [5.41, 5.74) is 0. The lowest BCUT2D eigenvalue weighted by atomic mass is 10.1. The molecule has 0 aliphatic carbocycles. The maximum Gasteiger partial charge on any atom is 0.149 e. The fourth-order valence-corrected chi connectivity index (χ4v) is 1.76. The Morgan fingerprint density at radius 2 is 2.29 bits per heavy atom. The molecule has 0 radical (unpaired) electrons. The molecule has 1 N–H and O–H groups in total. The molecule has 1 saturated heterocycles. The van der Waals surface area contributed by atoms with Crippen LogP contribution in [0.4, 0.5) is 5.82 Å². The van der Waals surface area contributed by atoms with Gasteiger partial charge in [-0.1, -0.05) is 18.5 Å². The Labute approximate surface area is 87.5 Å². The predicted octanol–water partition coefficient (Wildman–Crippen LogP) is 0.947. The van der Waals surface area contributed by atoms with Crippen molar-refractivity contribution in [1.82, 2.24) is 9.97 Å². The van der Waals surface area contributed by atoms with Gasteiger partial charge in [0.2, 0.25) is 0 Å². The monoisotopic (exact) mass is 213 g/mol. The number of halogens is 1. The average Bonchev–Trinajstić information content (AvgIpc) is 2.47. The normalized spacial score (nSPS) is 26.9. The third-order valence-electron chi connectivity index (χ3n) is 2.49. The molecule has 14 heavy (non-hydrogen) atoms. The number of anilines is 1. The van der Waals surface area contributed by atoms with Gasteiger partial charge in [-0.3, -0.25) is 4.98 Å². The summed E-state index contributed by atoms with van der Waals surface area (Å²) in [5.74, 6) is 1.01. The molecule has 1 aliphatic heterocycles. The van der Waals surface area contributed by atoms with Gasteiger partial charge < -0.3 is 10.0 Å². The van der Waals surface area contributed by atoms with Gasteiger partial charge in [0.1, 0.15) is 11.0 Å². The Morgan fingerprint density at radius 3 is 2.86 bits per heavy atom. The zero-order valence-electron chi connectivity index (χ0n) is 7.89. The van der Waals surface area contributed by atoms with Crippen molar-refractivity contribution in [2.45, 2.75) is 13.0 Å². The van der Waals surface area contributed by atoms with Crippen LogP contribution in [0.15, 0.2) is 12.4 Å². The highest BCUT2D eigenvalue weighted by atomic mass is 35.5. The Bertz CT molecular complexity index is 324. The SMILES string of the molecule is CC1CN(c2cncc(Cl)n2)CC1O. The van der Waals surface area contributed by atoms with Crippen molar-refractivity contribution in [3.63, 3.8) is 0 Å². The topological polar surface area (TPSA) is 49.2 Å². The molecule has 5 heteroatoms. The van der Waals surface area contributed by atoms with Crippen LogP contribution in [-0.2, 0) is 0 Å². The zero-order valence-corrected chi connectivity index (χ0v) is 8.65. The Morgan fingerprint density at radius 1 is 1.50 bits per heavy atom. The van der Waals surface area contributed by atoms with Crippen LogP contribution in [0.5, 0.6) is 0 Å². The molecule has 0 aromatic carbocycles. The molecule has 1 fully saturated rings. The quantitative estimate of drug-likeness (QED) is 0.755. The Kier molecular flexibility index (Phi) is 2.56. The van der Waals surface area contributed by atoms with E-state index in [2.05, 4.69) is 9.97 Å². The van der Waals surface area contributed by atoms with Gasteiger partial charge in [-0.15, -0.1) is 0 Å². The summed E-state index contributed by atoms with van der Waals surface area (Å²) in [5, 5.41) is 9.96. The van der Waals surface area contributed by atoms with Crippen molar-refractivity contribution < 1.29 is 5.11 Å². The number of aliphatic hydroxyl groups is 1. The second-order valence-corrected chi connectivity index (χ2v) is 4.04. The van der Waals surface area contributed by atoms with Crippen molar-refractivity contribution in [3.05, 3.63) is 17.5 Å². The van der Waals surface area contributed by atoms with E-state index < -0.39 is 0 Å². The second-order valence-electron chi connectivity index (χ2n) is 3.65. The fraction of sp³-hybridized carbons (Fsp3) is 0.556. The first kappa shape index (κ1) is 9.68. The molecule has 2 unspecified atom stereocenters. The lowest BCUT2D eigenvalue weighted by molar-refractivity contribution is 0.157. The molecular weight excluding hydrogens is 202 g/mol. The molecule has 1 aromatic heterocycles. The molecule has 76 valence electrons. The molecule has 4 nitrogen and oxygen atoms in total. The molecule has 0 bridgehead atoms. The molecule has 0 spiro atoms. The van der Waals surface area contributed by atoms with E-state index in [0.717, 1.165) is 12.4 Å². The first-order chi connectivity index (χ1) is 6.66.